The summed E-state index contributed by atoms with van der Waals surface area (Å²) in [5.41, 5.74) is -0.203. The molecule has 19 heavy (non-hydrogen) atoms. The number of carbonyl (C=O) groups is 2. The van der Waals surface area contributed by atoms with E-state index in [-0.39, 0.29) is 6.42 Å². The van der Waals surface area contributed by atoms with Gasteiger partial charge in [-0.3, -0.25) is 0 Å². The Morgan fingerprint density at radius 3 is 2.63 bits per heavy atom. The molecule has 1 heterocycles. The van der Waals surface area contributed by atoms with Crippen molar-refractivity contribution < 1.29 is 19.4 Å². The van der Waals surface area contributed by atoms with E-state index >= 15 is 0 Å². The lowest BCUT2D eigenvalue weighted by molar-refractivity contribution is -0.139. The van der Waals surface area contributed by atoms with Crippen LogP contribution in [0.3, 0.4) is 0 Å². The highest BCUT2D eigenvalue weighted by molar-refractivity contribution is 5.80. The third kappa shape index (κ3) is 5.80. The smallest absolute Gasteiger partial charge is 0.408 e. The van der Waals surface area contributed by atoms with Crippen LogP contribution >= 0.6 is 0 Å². The minimum Gasteiger partial charge on any atom is -0.480 e. The van der Waals surface area contributed by atoms with Gasteiger partial charge in [-0.05, 0) is 32.9 Å². The summed E-state index contributed by atoms with van der Waals surface area (Å²) >= 11 is 0. The normalized spacial score (nSPS) is 12.6. The molecule has 7 heteroatoms. The second-order valence-corrected chi connectivity index (χ2v) is 4.96. The predicted octanol–water partition coefficient (Wildman–Crippen LogP) is 0.997. The number of carboxylic acid groups (broad SMARTS) is 1. The fourth-order valence-electron chi connectivity index (χ4n) is 1.30. The van der Waals surface area contributed by atoms with Gasteiger partial charge in [0.05, 0.1) is 5.69 Å². The summed E-state index contributed by atoms with van der Waals surface area (Å²) < 4.78 is 5.01. The molecule has 0 saturated heterocycles. The van der Waals surface area contributed by atoms with Gasteiger partial charge in [-0.25, -0.2) is 9.59 Å². The maximum absolute atomic E-state index is 11.5. The molecule has 1 aromatic heterocycles. The molecule has 1 aromatic rings. The summed E-state index contributed by atoms with van der Waals surface area (Å²) in [6.45, 7) is 5.10. The van der Waals surface area contributed by atoms with Gasteiger partial charge in [-0.15, -0.1) is 0 Å². The lowest BCUT2D eigenvalue weighted by Gasteiger charge is -2.21. The highest BCUT2D eigenvalue weighted by atomic mass is 16.6. The van der Waals surface area contributed by atoms with E-state index in [9.17, 15) is 9.59 Å². The molecule has 0 aliphatic rings. The minimum atomic E-state index is -1.16. The molecule has 1 unspecified atom stereocenters. The van der Waals surface area contributed by atoms with Crippen LogP contribution in [0.25, 0.3) is 0 Å². The molecular formula is C12H17N3O4. The van der Waals surface area contributed by atoms with E-state index in [2.05, 4.69) is 15.5 Å². The first-order valence-corrected chi connectivity index (χ1v) is 5.77. The van der Waals surface area contributed by atoms with Gasteiger partial charge in [-0.1, -0.05) is 0 Å². The van der Waals surface area contributed by atoms with Gasteiger partial charge in [0, 0.05) is 12.6 Å². The van der Waals surface area contributed by atoms with Gasteiger partial charge < -0.3 is 15.2 Å². The molecule has 1 amide bonds. The molecule has 1 rings (SSSR count). The van der Waals surface area contributed by atoms with E-state index in [1.165, 1.54) is 6.20 Å². The second kappa shape index (κ2) is 6.12. The van der Waals surface area contributed by atoms with Crippen molar-refractivity contribution in [2.75, 3.05) is 0 Å². The number of nitrogens with zero attached hydrogens (tertiary/aromatic N) is 2. The Bertz CT molecular complexity index is 442. The first-order chi connectivity index (χ1) is 8.78. The molecule has 0 aliphatic heterocycles. The van der Waals surface area contributed by atoms with Crippen LogP contribution in [0.4, 0.5) is 4.79 Å². The lowest BCUT2D eigenvalue weighted by Crippen LogP contribution is -2.44. The van der Waals surface area contributed by atoms with E-state index in [4.69, 9.17) is 9.84 Å². The van der Waals surface area contributed by atoms with Crippen molar-refractivity contribution in [2.24, 2.45) is 0 Å². The minimum absolute atomic E-state index is 0.0441. The second-order valence-electron chi connectivity index (χ2n) is 4.96. The number of rotatable bonds is 4. The van der Waals surface area contributed by atoms with Crippen molar-refractivity contribution in [3.8, 4) is 0 Å². The molecule has 0 radical (unpaired) electrons. The monoisotopic (exact) mass is 267 g/mol. The maximum atomic E-state index is 11.5. The Kier molecular flexibility index (Phi) is 4.80. The van der Waals surface area contributed by atoms with E-state index in [1.54, 1.807) is 32.9 Å². The Morgan fingerprint density at radius 1 is 1.47 bits per heavy atom. The van der Waals surface area contributed by atoms with Crippen LogP contribution in [-0.2, 0) is 16.0 Å². The molecule has 0 spiro atoms. The van der Waals surface area contributed by atoms with Crippen molar-refractivity contribution in [3.63, 3.8) is 0 Å². The average molecular weight is 267 g/mol. The van der Waals surface area contributed by atoms with Gasteiger partial charge in [0.15, 0.2) is 0 Å². The number of nitrogens with one attached hydrogen (secondary N) is 1. The number of ether oxygens (including phenoxy) is 1. The molecule has 0 saturated carbocycles. The number of amides is 1. The first kappa shape index (κ1) is 14.9. The van der Waals surface area contributed by atoms with Crippen molar-refractivity contribution >= 4 is 12.1 Å². The Morgan fingerprint density at radius 2 is 2.16 bits per heavy atom. The van der Waals surface area contributed by atoms with E-state index in [1.807, 2.05) is 0 Å². The van der Waals surface area contributed by atoms with Gasteiger partial charge in [0.25, 0.3) is 0 Å². The predicted molar refractivity (Wildman–Crippen MR) is 66.5 cm³/mol. The zero-order valence-corrected chi connectivity index (χ0v) is 11.1. The third-order valence-electron chi connectivity index (χ3n) is 2.03. The van der Waals surface area contributed by atoms with Crippen LogP contribution in [0.15, 0.2) is 18.3 Å². The van der Waals surface area contributed by atoms with Crippen LogP contribution in [0.1, 0.15) is 26.5 Å². The van der Waals surface area contributed by atoms with E-state index < -0.39 is 23.7 Å². The Labute approximate surface area is 111 Å². The van der Waals surface area contributed by atoms with Gasteiger partial charge in [0.2, 0.25) is 0 Å². The lowest BCUT2D eigenvalue weighted by atomic mass is 10.1. The highest BCUT2D eigenvalue weighted by Gasteiger charge is 2.24. The van der Waals surface area contributed by atoms with E-state index in [0.29, 0.717) is 5.69 Å². The summed E-state index contributed by atoms with van der Waals surface area (Å²) in [7, 11) is 0. The first-order valence-electron chi connectivity index (χ1n) is 5.77. The number of hydrogen-bond acceptors (Lipinski definition) is 5. The zero-order valence-electron chi connectivity index (χ0n) is 11.1. The molecular weight excluding hydrogens is 250 g/mol. The quantitative estimate of drug-likeness (QED) is 0.843. The summed E-state index contributed by atoms with van der Waals surface area (Å²) in [5, 5.41) is 18.8. The van der Waals surface area contributed by atoms with Crippen LogP contribution in [0, 0.1) is 0 Å². The Hall–Kier alpha value is -2.18. The fourth-order valence-corrected chi connectivity index (χ4v) is 1.30. The van der Waals surface area contributed by atoms with Crippen LogP contribution in [0.2, 0.25) is 0 Å². The fraction of sp³-hybridized carbons (Fsp3) is 0.500. The third-order valence-corrected chi connectivity index (χ3v) is 2.03. The standard InChI is InChI=1S/C12H17N3O4/c1-12(2,3)19-11(18)14-9(10(16)17)7-8-5-4-6-13-15-8/h4-6,9H,7H2,1-3H3,(H,14,18)(H,16,17). The number of hydrogen-bond donors (Lipinski definition) is 2. The zero-order chi connectivity index (χ0) is 14.5. The summed E-state index contributed by atoms with van der Waals surface area (Å²) in [5.74, 6) is -1.16. The molecule has 1 atom stereocenters. The van der Waals surface area contributed by atoms with Gasteiger partial charge in [-0.2, -0.15) is 10.2 Å². The van der Waals surface area contributed by atoms with Crippen LogP contribution in [0.5, 0.6) is 0 Å². The summed E-state index contributed by atoms with van der Waals surface area (Å²) in [6, 6.07) is 2.18. The number of aromatic nitrogens is 2. The van der Waals surface area contributed by atoms with Crippen molar-refractivity contribution in [1.82, 2.24) is 15.5 Å². The van der Waals surface area contributed by atoms with Crippen molar-refractivity contribution in [2.45, 2.75) is 38.8 Å². The maximum Gasteiger partial charge on any atom is 0.408 e. The molecule has 0 fully saturated rings. The SMILES string of the molecule is CC(C)(C)OC(=O)NC(Cc1cccnn1)C(=O)O. The van der Waals surface area contributed by atoms with Crippen molar-refractivity contribution in [1.29, 1.82) is 0 Å². The van der Waals surface area contributed by atoms with Crippen LogP contribution < -0.4 is 5.32 Å². The Balaban J connectivity index is 2.64. The molecule has 0 aromatic carbocycles. The number of aliphatic carboxylic acids is 1. The molecule has 104 valence electrons. The number of carboxylic acids is 1. The summed E-state index contributed by atoms with van der Waals surface area (Å²) in [4.78, 5) is 22.6. The van der Waals surface area contributed by atoms with Gasteiger partial charge >= 0.3 is 12.1 Å². The van der Waals surface area contributed by atoms with E-state index in [0.717, 1.165) is 0 Å². The van der Waals surface area contributed by atoms with Crippen LogP contribution in [-0.4, -0.2) is 39.0 Å². The van der Waals surface area contributed by atoms with Gasteiger partial charge in [0.1, 0.15) is 11.6 Å². The molecule has 2 N–H and O–H groups in total. The molecule has 0 aliphatic carbocycles. The van der Waals surface area contributed by atoms with Crippen molar-refractivity contribution in [3.05, 3.63) is 24.0 Å². The highest BCUT2D eigenvalue weighted by Crippen LogP contribution is 2.07. The number of carbonyl (C=O) groups excluding carboxylic acids is 1. The molecule has 7 nitrogen and oxygen atoms in total. The number of alkyl carbamates (subject to hydrolysis) is 1. The molecule has 0 bridgehead atoms. The summed E-state index contributed by atoms with van der Waals surface area (Å²) in [6.07, 6.45) is 0.756. The average Bonchev–Trinajstić information content (AvgIpc) is 2.26. The topological polar surface area (TPSA) is 101 Å². The largest absolute Gasteiger partial charge is 0.480 e.